The minimum absolute atomic E-state index is 0.0513. The summed E-state index contributed by atoms with van der Waals surface area (Å²) < 4.78 is 26.9. The van der Waals surface area contributed by atoms with E-state index in [1.807, 2.05) is 49.4 Å². The third-order valence-electron chi connectivity index (χ3n) is 3.29. The highest BCUT2D eigenvalue weighted by Gasteiger charge is 2.16. The van der Waals surface area contributed by atoms with Gasteiger partial charge in [0.25, 0.3) is 0 Å². The average molecular weight is 304 g/mol. The maximum atomic E-state index is 12.1. The smallest absolute Gasteiger partial charge is 0.212 e. The molecule has 0 radical (unpaired) electrons. The molecule has 112 valence electrons. The van der Waals surface area contributed by atoms with Gasteiger partial charge in [-0.1, -0.05) is 49.4 Å². The van der Waals surface area contributed by atoms with E-state index in [9.17, 15) is 8.42 Å². The number of nitrogens with one attached hydrogen (secondary N) is 1. The summed E-state index contributed by atoms with van der Waals surface area (Å²) >= 11 is 0. The van der Waals surface area contributed by atoms with E-state index in [0.717, 1.165) is 11.1 Å². The highest BCUT2D eigenvalue weighted by atomic mass is 32.2. The first kappa shape index (κ1) is 15.5. The number of hydrogen-bond donors (Lipinski definition) is 2. The lowest BCUT2D eigenvalue weighted by atomic mass is 10.0. The van der Waals surface area contributed by atoms with Crippen molar-refractivity contribution in [2.75, 3.05) is 11.5 Å². The molecule has 21 heavy (non-hydrogen) atoms. The number of nitrogens with two attached hydrogens (primary N) is 1. The second-order valence-electron chi connectivity index (χ2n) is 5.16. The Labute approximate surface area is 126 Å². The largest absolute Gasteiger partial charge is 0.399 e. The van der Waals surface area contributed by atoms with Crippen LogP contribution in [0.15, 0.2) is 54.6 Å². The van der Waals surface area contributed by atoms with Crippen LogP contribution in [-0.4, -0.2) is 14.2 Å². The quantitative estimate of drug-likeness (QED) is 0.805. The zero-order chi connectivity index (χ0) is 15.3. The molecule has 1 unspecified atom stereocenters. The Morgan fingerprint density at radius 1 is 1.10 bits per heavy atom. The van der Waals surface area contributed by atoms with Crippen LogP contribution in [-0.2, 0) is 16.6 Å². The molecule has 0 saturated heterocycles. The first-order valence-electron chi connectivity index (χ1n) is 6.83. The molecule has 0 aliphatic heterocycles. The standard InChI is InChI=1S/C16H20N2O2S/c1-13(15-7-3-2-4-8-15)12-21(19,20)18-11-14-6-5-9-16(17)10-14/h2-10,13,18H,11-12,17H2,1H3. The summed E-state index contributed by atoms with van der Waals surface area (Å²) in [5.41, 5.74) is 8.18. The summed E-state index contributed by atoms with van der Waals surface area (Å²) in [4.78, 5) is 0. The molecule has 0 bridgehead atoms. The minimum Gasteiger partial charge on any atom is -0.399 e. The summed E-state index contributed by atoms with van der Waals surface area (Å²) in [6, 6.07) is 16.8. The Morgan fingerprint density at radius 2 is 1.81 bits per heavy atom. The van der Waals surface area contributed by atoms with E-state index < -0.39 is 10.0 Å². The zero-order valence-electron chi connectivity index (χ0n) is 12.0. The number of rotatable bonds is 6. The third kappa shape index (κ3) is 4.88. The van der Waals surface area contributed by atoms with E-state index in [-0.39, 0.29) is 18.2 Å². The van der Waals surface area contributed by atoms with E-state index in [2.05, 4.69) is 4.72 Å². The molecule has 0 heterocycles. The van der Waals surface area contributed by atoms with Crippen molar-refractivity contribution in [3.05, 3.63) is 65.7 Å². The van der Waals surface area contributed by atoms with Gasteiger partial charge < -0.3 is 5.73 Å². The van der Waals surface area contributed by atoms with E-state index in [1.54, 1.807) is 12.1 Å². The van der Waals surface area contributed by atoms with Crippen LogP contribution in [0.25, 0.3) is 0 Å². The number of hydrogen-bond acceptors (Lipinski definition) is 3. The number of anilines is 1. The van der Waals surface area contributed by atoms with Gasteiger partial charge in [0, 0.05) is 12.2 Å². The molecular weight excluding hydrogens is 284 g/mol. The fourth-order valence-electron chi connectivity index (χ4n) is 2.16. The van der Waals surface area contributed by atoms with Crippen LogP contribution < -0.4 is 10.5 Å². The van der Waals surface area contributed by atoms with E-state index >= 15 is 0 Å². The van der Waals surface area contributed by atoms with Gasteiger partial charge in [0.05, 0.1) is 5.75 Å². The van der Waals surface area contributed by atoms with Crippen molar-refractivity contribution < 1.29 is 8.42 Å². The topological polar surface area (TPSA) is 72.2 Å². The van der Waals surface area contributed by atoms with Gasteiger partial charge in [0.15, 0.2) is 0 Å². The van der Waals surface area contributed by atoms with Crippen LogP contribution in [0.4, 0.5) is 5.69 Å². The lowest BCUT2D eigenvalue weighted by Gasteiger charge is -2.13. The van der Waals surface area contributed by atoms with Crippen molar-refractivity contribution in [3.63, 3.8) is 0 Å². The van der Waals surface area contributed by atoms with Gasteiger partial charge in [-0.05, 0) is 29.2 Å². The molecule has 2 aromatic carbocycles. The molecule has 0 aliphatic carbocycles. The molecule has 0 saturated carbocycles. The molecule has 0 spiro atoms. The molecule has 1 atom stereocenters. The minimum atomic E-state index is -3.33. The predicted octanol–water partition coefficient (Wildman–Crippen LogP) is 2.49. The maximum Gasteiger partial charge on any atom is 0.212 e. The van der Waals surface area contributed by atoms with Gasteiger partial charge in [-0.25, -0.2) is 13.1 Å². The average Bonchev–Trinajstić information content (AvgIpc) is 2.46. The van der Waals surface area contributed by atoms with Crippen molar-refractivity contribution in [3.8, 4) is 0 Å². The molecule has 5 heteroatoms. The Kier molecular flexibility index (Phi) is 4.98. The fourth-order valence-corrected chi connectivity index (χ4v) is 3.52. The predicted molar refractivity (Wildman–Crippen MR) is 86.3 cm³/mol. The van der Waals surface area contributed by atoms with Gasteiger partial charge in [-0.15, -0.1) is 0 Å². The number of sulfonamides is 1. The van der Waals surface area contributed by atoms with E-state index in [1.165, 1.54) is 0 Å². The summed E-state index contributed by atoms with van der Waals surface area (Å²) in [6.45, 7) is 2.17. The van der Waals surface area contributed by atoms with Crippen LogP contribution in [0.5, 0.6) is 0 Å². The van der Waals surface area contributed by atoms with Gasteiger partial charge in [0.2, 0.25) is 10.0 Å². The van der Waals surface area contributed by atoms with Crippen LogP contribution in [0.2, 0.25) is 0 Å². The zero-order valence-corrected chi connectivity index (χ0v) is 12.8. The van der Waals surface area contributed by atoms with Crippen molar-refractivity contribution in [1.82, 2.24) is 4.72 Å². The van der Waals surface area contributed by atoms with Crippen molar-refractivity contribution in [1.29, 1.82) is 0 Å². The monoisotopic (exact) mass is 304 g/mol. The highest BCUT2D eigenvalue weighted by molar-refractivity contribution is 7.89. The number of nitrogen functional groups attached to an aromatic ring is 1. The van der Waals surface area contributed by atoms with E-state index in [0.29, 0.717) is 5.69 Å². The molecule has 3 N–H and O–H groups in total. The van der Waals surface area contributed by atoms with E-state index in [4.69, 9.17) is 5.73 Å². The summed E-state index contributed by atoms with van der Waals surface area (Å²) in [6.07, 6.45) is 0. The Bertz CT molecular complexity index is 684. The Hall–Kier alpha value is -1.85. The molecule has 2 rings (SSSR count). The first-order valence-corrected chi connectivity index (χ1v) is 8.48. The second-order valence-corrected chi connectivity index (χ2v) is 7.01. The van der Waals surface area contributed by atoms with Crippen molar-refractivity contribution in [2.24, 2.45) is 0 Å². The summed E-state index contributed by atoms with van der Waals surface area (Å²) in [5, 5.41) is 0. The maximum absolute atomic E-state index is 12.1. The molecular formula is C16H20N2O2S. The molecule has 2 aromatic rings. The van der Waals surface area contributed by atoms with Crippen molar-refractivity contribution >= 4 is 15.7 Å². The van der Waals surface area contributed by atoms with Crippen LogP contribution in [0.1, 0.15) is 24.0 Å². The second kappa shape index (κ2) is 6.74. The van der Waals surface area contributed by atoms with Crippen molar-refractivity contribution in [2.45, 2.75) is 19.4 Å². The molecule has 0 aliphatic rings. The third-order valence-corrected chi connectivity index (χ3v) is 4.81. The van der Waals surface area contributed by atoms with Gasteiger partial charge in [-0.2, -0.15) is 0 Å². The molecule has 0 aromatic heterocycles. The molecule has 0 amide bonds. The van der Waals surface area contributed by atoms with Gasteiger partial charge in [0.1, 0.15) is 0 Å². The molecule has 0 fully saturated rings. The highest BCUT2D eigenvalue weighted by Crippen LogP contribution is 2.16. The molecule has 4 nitrogen and oxygen atoms in total. The first-order chi connectivity index (χ1) is 9.96. The SMILES string of the molecule is CC(CS(=O)(=O)NCc1cccc(N)c1)c1ccccc1. The number of benzene rings is 2. The lowest BCUT2D eigenvalue weighted by molar-refractivity contribution is 0.575. The summed E-state index contributed by atoms with van der Waals surface area (Å²) in [5.74, 6) is 0.0174. The lowest BCUT2D eigenvalue weighted by Crippen LogP contribution is -2.28. The van der Waals surface area contributed by atoms with Crippen LogP contribution >= 0.6 is 0 Å². The fraction of sp³-hybridized carbons (Fsp3) is 0.250. The van der Waals surface area contributed by atoms with Gasteiger partial charge in [-0.3, -0.25) is 0 Å². The summed E-state index contributed by atoms with van der Waals surface area (Å²) in [7, 11) is -3.33. The van der Waals surface area contributed by atoms with Crippen LogP contribution in [0.3, 0.4) is 0 Å². The Balaban J connectivity index is 1.96. The Morgan fingerprint density at radius 3 is 2.48 bits per heavy atom. The normalized spacial score (nSPS) is 13.0. The van der Waals surface area contributed by atoms with Crippen LogP contribution in [0, 0.1) is 0 Å². The van der Waals surface area contributed by atoms with Gasteiger partial charge >= 0.3 is 0 Å².